The molecule has 2 aromatic rings. The number of hydrogen-bond acceptors (Lipinski definition) is 4. The maximum atomic E-state index is 10.7. The molecule has 0 bridgehead atoms. The van der Waals surface area contributed by atoms with Crippen LogP contribution in [0.4, 0.5) is 5.69 Å². The summed E-state index contributed by atoms with van der Waals surface area (Å²) in [4.78, 5) is 10.3. The predicted octanol–water partition coefficient (Wildman–Crippen LogP) is 2.95. The van der Waals surface area contributed by atoms with Gasteiger partial charge in [0.15, 0.2) is 0 Å². The van der Waals surface area contributed by atoms with Crippen molar-refractivity contribution in [3.63, 3.8) is 0 Å². The molecule has 0 N–H and O–H groups in total. The normalized spacial score (nSPS) is 10.6. The van der Waals surface area contributed by atoms with Gasteiger partial charge in [-0.2, -0.15) is 5.10 Å². The number of rotatable bonds is 5. The molecule has 1 aromatic carbocycles. The van der Waals surface area contributed by atoms with Crippen molar-refractivity contribution in [3.8, 4) is 5.75 Å². The lowest BCUT2D eigenvalue weighted by molar-refractivity contribution is -0.384. The number of halogens is 1. The van der Waals surface area contributed by atoms with Gasteiger partial charge < -0.3 is 4.74 Å². The lowest BCUT2D eigenvalue weighted by Crippen LogP contribution is -2.04. The van der Waals surface area contributed by atoms with Crippen LogP contribution >= 0.6 is 11.6 Å². The van der Waals surface area contributed by atoms with Crippen molar-refractivity contribution in [3.05, 3.63) is 51.3 Å². The first-order valence-corrected chi connectivity index (χ1v) is 6.50. The molecule has 7 heteroatoms. The summed E-state index contributed by atoms with van der Waals surface area (Å²) < 4.78 is 7.41. The minimum absolute atomic E-state index is 0.00405. The van der Waals surface area contributed by atoms with E-state index in [0.29, 0.717) is 17.9 Å². The molecule has 20 heavy (non-hydrogen) atoms. The molecule has 0 spiro atoms. The maximum absolute atomic E-state index is 10.7. The number of hydrogen-bond donors (Lipinski definition) is 0. The third-order valence-electron chi connectivity index (χ3n) is 2.87. The highest BCUT2D eigenvalue weighted by atomic mass is 35.5. The summed E-state index contributed by atoms with van der Waals surface area (Å²) in [6.07, 6.45) is 0. The van der Waals surface area contributed by atoms with Crippen LogP contribution < -0.4 is 4.74 Å². The number of benzene rings is 1. The van der Waals surface area contributed by atoms with E-state index in [-0.39, 0.29) is 11.6 Å². The van der Waals surface area contributed by atoms with E-state index in [1.54, 1.807) is 10.7 Å². The lowest BCUT2D eigenvalue weighted by atomic mass is 10.2. The topological polar surface area (TPSA) is 70.2 Å². The third-order valence-corrected chi connectivity index (χ3v) is 3.16. The average molecular weight is 296 g/mol. The van der Waals surface area contributed by atoms with Gasteiger partial charge in [-0.05, 0) is 19.1 Å². The molecule has 0 aliphatic heterocycles. The summed E-state index contributed by atoms with van der Waals surface area (Å²) in [5, 5.41) is 14.9. The van der Waals surface area contributed by atoms with Gasteiger partial charge in [0.25, 0.3) is 5.69 Å². The second-order valence-electron chi connectivity index (χ2n) is 4.37. The Kier molecular flexibility index (Phi) is 4.24. The Morgan fingerprint density at radius 2 is 2.20 bits per heavy atom. The Hall–Kier alpha value is -2.08. The van der Waals surface area contributed by atoms with E-state index in [0.717, 1.165) is 11.4 Å². The van der Waals surface area contributed by atoms with Gasteiger partial charge in [0.1, 0.15) is 12.4 Å². The Bertz CT molecular complexity index is 640. The number of alkyl halides is 1. The van der Waals surface area contributed by atoms with Crippen molar-refractivity contribution in [2.24, 2.45) is 7.05 Å². The molecule has 0 aliphatic carbocycles. The van der Waals surface area contributed by atoms with Crippen molar-refractivity contribution in [2.45, 2.75) is 19.4 Å². The fraction of sp³-hybridized carbons (Fsp3) is 0.308. The standard InChI is InChI=1S/C13H14ClN3O3/c1-9-5-12(16(2)15-9)8-20-13-4-3-11(17(18)19)6-10(13)7-14/h3-6H,7-8H2,1-2H3. The maximum Gasteiger partial charge on any atom is 0.270 e. The number of nitro groups is 1. The molecule has 106 valence electrons. The van der Waals surface area contributed by atoms with Gasteiger partial charge in [0.2, 0.25) is 0 Å². The number of nitro benzene ring substituents is 1. The summed E-state index contributed by atoms with van der Waals surface area (Å²) >= 11 is 5.81. The number of aromatic nitrogens is 2. The van der Waals surface area contributed by atoms with Gasteiger partial charge in [-0.1, -0.05) is 0 Å². The van der Waals surface area contributed by atoms with Gasteiger partial charge in [-0.25, -0.2) is 0 Å². The average Bonchev–Trinajstić information content (AvgIpc) is 2.74. The lowest BCUT2D eigenvalue weighted by Gasteiger charge is -2.09. The van der Waals surface area contributed by atoms with Crippen molar-refractivity contribution in [1.82, 2.24) is 9.78 Å². The predicted molar refractivity (Wildman–Crippen MR) is 74.9 cm³/mol. The molecule has 0 aliphatic rings. The van der Waals surface area contributed by atoms with Gasteiger partial charge in [0, 0.05) is 24.7 Å². The first-order valence-electron chi connectivity index (χ1n) is 5.97. The van der Waals surface area contributed by atoms with Gasteiger partial charge in [-0.3, -0.25) is 14.8 Å². The van der Waals surface area contributed by atoms with Crippen molar-refractivity contribution >= 4 is 17.3 Å². The molecule has 2 rings (SSSR count). The smallest absolute Gasteiger partial charge is 0.270 e. The highest BCUT2D eigenvalue weighted by Crippen LogP contribution is 2.26. The van der Waals surface area contributed by atoms with Crippen LogP contribution in [0.5, 0.6) is 5.75 Å². The molecule has 0 atom stereocenters. The first-order chi connectivity index (χ1) is 9.51. The minimum atomic E-state index is -0.454. The molecule has 0 saturated heterocycles. The highest BCUT2D eigenvalue weighted by Gasteiger charge is 2.12. The number of non-ortho nitro benzene ring substituents is 1. The first kappa shape index (κ1) is 14.3. The molecule has 0 radical (unpaired) electrons. The van der Waals surface area contributed by atoms with E-state index in [1.165, 1.54) is 12.1 Å². The summed E-state index contributed by atoms with van der Waals surface area (Å²) in [5.41, 5.74) is 2.43. The van der Waals surface area contributed by atoms with Crippen molar-refractivity contribution < 1.29 is 9.66 Å². The minimum Gasteiger partial charge on any atom is -0.487 e. The van der Waals surface area contributed by atoms with Crippen LogP contribution in [0.25, 0.3) is 0 Å². The SMILES string of the molecule is Cc1cc(COc2ccc([N+](=O)[O-])cc2CCl)n(C)n1. The van der Waals surface area contributed by atoms with Gasteiger partial charge in [0.05, 0.1) is 22.2 Å². The summed E-state index contributed by atoms with van der Waals surface area (Å²) in [6, 6.07) is 6.32. The largest absolute Gasteiger partial charge is 0.487 e. The van der Waals surface area contributed by atoms with E-state index in [4.69, 9.17) is 16.3 Å². The van der Waals surface area contributed by atoms with Crippen LogP contribution in [0, 0.1) is 17.0 Å². The highest BCUT2D eigenvalue weighted by molar-refractivity contribution is 6.17. The Morgan fingerprint density at radius 1 is 1.45 bits per heavy atom. The number of nitrogens with zero attached hydrogens (tertiary/aromatic N) is 3. The van der Waals surface area contributed by atoms with Crippen LogP contribution in [0.1, 0.15) is 17.0 Å². The second-order valence-corrected chi connectivity index (χ2v) is 4.64. The van der Waals surface area contributed by atoms with Crippen LogP contribution in [0.15, 0.2) is 24.3 Å². The Balaban J connectivity index is 2.17. The molecule has 1 heterocycles. The summed E-state index contributed by atoms with van der Waals surface area (Å²) in [5.74, 6) is 0.700. The fourth-order valence-electron chi connectivity index (χ4n) is 1.88. The molecule has 0 amide bonds. The number of ether oxygens (including phenoxy) is 1. The molecule has 0 unspecified atom stereocenters. The monoisotopic (exact) mass is 295 g/mol. The second kappa shape index (κ2) is 5.92. The number of aryl methyl sites for hydroxylation is 2. The van der Waals surface area contributed by atoms with E-state index in [9.17, 15) is 10.1 Å². The fourth-order valence-corrected chi connectivity index (χ4v) is 2.08. The molecule has 1 aromatic heterocycles. The van der Waals surface area contributed by atoms with Crippen LogP contribution in [-0.4, -0.2) is 14.7 Å². The van der Waals surface area contributed by atoms with Crippen molar-refractivity contribution in [1.29, 1.82) is 0 Å². The summed E-state index contributed by atoms with van der Waals surface area (Å²) in [7, 11) is 1.84. The van der Waals surface area contributed by atoms with E-state index in [2.05, 4.69) is 5.10 Å². The zero-order valence-corrected chi connectivity index (χ0v) is 11.9. The molecule has 0 fully saturated rings. The molecular formula is C13H14ClN3O3. The molecule has 6 nitrogen and oxygen atoms in total. The van der Waals surface area contributed by atoms with Gasteiger partial charge in [-0.15, -0.1) is 11.6 Å². The van der Waals surface area contributed by atoms with Gasteiger partial charge >= 0.3 is 0 Å². The molecular weight excluding hydrogens is 282 g/mol. The van der Waals surface area contributed by atoms with Crippen LogP contribution in [-0.2, 0) is 19.5 Å². The zero-order chi connectivity index (χ0) is 14.7. The van der Waals surface area contributed by atoms with Crippen LogP contribution in [0.3, 0.4) is 0 Å². The quantitative estimate of drug-likeness (QED) is 0.483. The van der Waals surface area contributed by atoms with Crippen LogP contribution in [0.2, 0.25) is 0 Å². The van der Waals surface area contributed by atoms with E-state index < -0.39 is 4.92 Å². The molecule has 0 saturated carbocycles. The van der Waals surface area contributed by atoms with E-state index in [1.807, 2.05) is 20.0 Å². The zero-order valence-electron chi connectivity index (χ0n) is 11.2. The Morgan fingerprint density at radius 3 is 2.75 bits per heavy atom. The van der Waals surface area contributed by atoms with Crippen molar-refractivity contribution in [2.75, 3.05) is 0 Å². The Labute approximate surface area is 121 Å². The van der Waals surface area contributed by atoms with E-state index >= 15 is 0 Å². The third kappa shape index (κ3) is 3.08. The summed E-state index contributed by atoms with van der Waals surface area (Å²) in [6.45, 7) is 2.23.